The maximum Gasteiger partial charge on any atom is 0.246 e. The average molecular weight is 336 g/mol. The van der Waals surface area contributed by atoms with Crippen molar-refractivity contribution in [2.75, 3.05) is 21.1 Å². The van der Waals surface area contributed by atoms with Crippen LogP contribution in [0.15, 0.2) is 23.8 Å². The normalized spacial score (nSPS) is 21.0. The van der Waals surface area contributed by atoms with Crippen LogP contribution in [0.4, 0.5) is 0 Å². The van der Waals surface area contributed by atoms with Crippen molar-refractivity contribution in [1.82, 2.24) is 9.80 Å². The second-order valence-corrected chi connectivity index (χ2v) is 6.04. The van der Waals surface area contributed by atoms with Gasteiger partial charge in [-0.1, -0.05) is 0 Å². The number of nitrogens with zero attached hydrogens (tertiary/aromatic N) is 2. The summed E-state index contributed by atoms with van der Waals surface area (Å²) in [4.78, 5) is 45.1. The van der Waals surface area contributed by atoms with Gasteiger partial charge in [0.15, 0.2) is 0 Å². The first kappa shape index (κ1) is 21.9. The Morgan fingerprint density at radius 3 is 1.71 bits per heavy atom. The minimum Gasteiger partial charge on any atom is -0.339 e. The summed E-state index contributed by atoms with van der Waals surface area (Å²) in [5.41, 5.74) is 0.480. The van der Waals surface area contributed by atoms with Gasteiger partial charge in [-0.2, -0.15) is 0 Å². The maximum atomic E-state index is 11.9. The van der Waals surface area contributed by atoms with Crippen LogP contribution in [0.5, 0.6) is 0 Å². The van der Waals surface area contributed by atoms with Gasteiger partial charge in [0.1, 0.15) is 18.9 Å². The highest BCUT2D eigenvalue weighted by molar-refractivity contribution is 5.93. The molecular weight excluding hydrogens is 308 g/mol. The molecule has 0 bridgehead atoms. The van der Waals surface area contributed by atoms with E-state index >= 15 is 0 Å². The summed E-state index contributed by atoms with van der Waals surface area (Å²) in [6.45, 7) is 1.65. The average Bonchev–Trinajstić information content (AvgIpc) is 2.59. The monoisotopic (exact) mass is 336 g/mol. The van der Waals surface area contributed by atoms with E-state index in [1.165, 1.54) is 6.08 Å². The van der Waals surface area contributed by atoms with E-state index in [0.29, 0.717) is 36.5 Å². The maximum absolute atomic E-state index is 11.9. The Morgan fingerprint density at radius 1 is 0.875 bits per heavy atom. The molecule has 1 fully saturated rings. The molecule has 24 heavy (non-hydrogen) atoms. The third-order valence-corrected chi connectivity index (χ3v) is 4.10. The smallest absolute Gasteiger partial charge is 0.246 e. The standard InChI is InChI=1S/C14H24N2O2.C4H4O2/c1-11(10-17)9-14(18)16(4)13-7-5-12(6-8-13)15(2)3;5-3-1-2-4-6/h9-10,12-13H,5-8H2,1-4H3;1-4H/b11-9-;2-1-. The second-order valence-electron chi connectivity index (χ2n) is 6.04. The minimum absolute atomic E-state index is 0.0621. The van der Waals surface area contributed by atoms with Crippen molar-refractivity contribution in [2.24, 2.45) is 0 Å². The van der Waals surface area contributed by atoms with E-state index < -0.39 is 0 Å². The van der Waals surface area contributed by atoms with E-state index in [-0.39, 0.29) is 5.91 Å². The summed E-state index contributed by atoms with van der Waals surface area (Å²) in [6.07, 6.45) is 9.85. The second kappa shape index (κ2) is 12.4. The number of likely N-dealkylation sites (N-methyl/N-ethyl adjacent to an activating group) is 1. The van der Waals surface area contributed by atoms with Gasteiger partial charge < -0.3 is 9.80 Å². The fourth-order valence-corrected chi connectivity index (χ4v) is 2.56. The zero-order valence-corrected chi connectivity index (χ0v) is 15.0. The fourth-order valence-electron chi connectivity index (χ4n) is 2.56. The summed E-state index contributed by atoms with van der Waals surface area (Å²) in [5, 5.41) is 0. The Hall–Kier alpha value is -2.08. The van der Waals surface area contributed by atoms with E-state index in [1.54, 1.807) is 11.8 Å². The Bertz CT molecular complexity index is 465. The molecule has 1 rings (SSSR count). The van der Waals surface area contributed by atoms with Gasteiger partial charge in [0.2, 0.25) is 5.91 Å². The van der Waals surface area contributed by atoms with Gasteiger partial charge in [0, 0.05) is 25.2 Å². The molecule has 1 saturated carbocycles. The quantitative estimate of drug-likeness (QED) is 0.541. The molecule has 0 heterocycles. The summed E-state index contributed by atoms with van der Waals surface area (Å²) < 4.78 is 0. The lowest BCUT2D eigenvalue weighted by molar-refractivity contribution is -0.127. The molecule has 0 aliphatic heterocycles. The number of rotatable bonds is 6. The fraction of sp³-hybridized carbons (Fsp3) is 0.556. The van der Waals surface area contributed by atoms with Crippen LogP contribution in [0, 0.1) is 0 Å². The molecule has 0 unspecified atom stereocenters. The van der Waals surface area contributed by atoms with Crippen LogP contribution < -0.4 is 0 Å². The van der Waals surface area contributed by atoms with Crippen LogP contribution in [0.2, 0.25) is 0 Å². The van der Waals surface area contributed by atoms with E-state index in [2.05, 4.69) is 19.0 Å². The lowest BCUT2D eigenvalue weighted by Crippen LogP contribution is -2.42. The highest BCUT2D eigenvalue weighted by atomic mass is 16.2. The molecule has 0 aromatic carbocycles. The lowest BCUT2D eigenvalue weighted by Gasteiger charge is -2.36. The zero-order chi connectivity index (χ0) is 18.5. The summed E-state index contributed by atoms with van der Waals surface area (Å²) >= 11 is 0. The third-order valence-electron chi connectivity index (χ3n) is 4.10. The molecule has 0 saturated heterocycles. The van der Waals surface area contributed by atoms with E-state index in [1.807, 2.05) is 7.05 Å². The van der Waals surface area contributed by atoms with Crippen molar-refractivity contribution in [2.45, 2.75) is 44.7 Å². The molecule has 0 radical (unpaired) electrons. The summed E-state index contributed by atoms with van der Waals surface area (Å²) in [6, 6.07) is 0.946. The van der Waals surface area contributed by atoms with Crippen LogP contribution in [0.25, 0.3) is 0 Å². The molecule has 0 N–H and O–H groups in total. The summed E-state index contributed by atoms with van der Waals surface area (Å²) in [5.74, 6) is -0.0621. The molecule has 0 aromatic rings. The number of amides is 1. The van der Waals surface area contributed by atoms with Crippen molar-refractivity contribution in [3.63, 3.8) is 0 Å². The first-order valence-corrected chi connectivity index (χ1v) is 7.99. The molecule has 0 atom stereocenters. The van der Waals surface area contributed by atoms with Gasteiger partial charge in [0.25, 0.3) is 0 Å². The van der Waals surface area contributed by atoms with Crippen molar-refractivity contribution < 1.29 is 19.2 Å². The van der Waals surface area contributed by atoms with Gasteiger partial charge in [0.05, 0.1) is 0 Å². The van der Waals surface area contributed by atoms with Crippen LogP contribution in [0.1, 0.15) is 32.6 Å². The van der Waals surface area contributed by atoms with E-state index in [9.17, 15) is 19.2 Å². The number of carbonyl (C=O) groups excluding carboxylic acids is 4. The Labute approximate surface area is 144 Å². The minimum atomic E-state index is -0.0621. The predicted octanol–water partition coefficient (Wildman–Crippen LogP) is 1.40. The summed E-state index contributed by atoms with van der Waals surface area (Å²) in [7, 11) is 6.05. The van der Waals surface area contributed by atoms with E-state index in [0.717, 1.165) is 37.8 Å². The molecule has 0 spiro atoms. The van der Waals surface area contributed by atoms with E-state index in [4.69, 9.17) is 0 Å². The third kappa shape index (κ3) is 8.53. The Balaban J connectivity index is 0.000000754. The van der Waals surface area contributed by atoms with Gasteiger partial charge >= 0.3 is 0 Å². The van der Waals surface area contributed by atoms with Gasteiger partial charge in [-0.3, -0.25) is 19.2 Å². The largest absolute Gasteiger partial charge is 0.339 e. The molecule has 1 aliphatic carbocycles. The Kier molecular flexibility index (Phi) is 11.3. The number of allylic oxidation sites excluding steroid dienone is 3. The molecule has 6 heteroatoms. The van der Waals surface area contributed by atoms with Crippen molar-refractivity contribution >= 4 is 24.8 Å². The number of hydrogen-bond donors (Lipinski definition) is 0. The van der Waals surface area contributed by atoms with Crippen molar-refractivity contribution in [1.29, 1.82) is 0 Å². The number of aldehydes is 3. The molecule has 1 amide bonds. The first-order valence-electron chi connectivity index (χ1n) is 7.99. The highest BCUT2D eigenvalue weighted by Gasteiger charge is 2.26. The number of carbonyl (C=O) groups is 4. The van der Waals surface area contributed by atoms with Crippen molar-refractivity contribution in [3.05, 3.63) is 23.8 Å². The number of hydrogen-bond acceptors (Lipinski definition) is 5. The molecule has 0 aromatic heterocycles. The van der Waals surface area contributed by atoms with Crippen LogP contribution in [0.3, 0.4) is 0 Å². The van der Waals surface area contributed by atoms with Crippen molar-refractivity contribution in [3.8, 4) is 0 Å². The van der Waals surface area contributed by atoms with Gasteiger partial charge in [-0.25, -0.2) is 0 Å². The SMILES string of the molecule is C/C(C=O)=C/C(=O)N(C)C1CCC(N(C)C)CC1.O=C/C=C\C=O. The molecular formula is C18H28N2O4. The van der Waals surface area contributed by atoms with Gasteiger partial charge in [-0.15, -0.1) is 0 Å². The van der Waals surface area contributed by atoms with Crippen LogP contribution >= 0.6 is 0 Å². The Morgan fingerprint density at radius 2 is 1.33 bits per heavy atom. The van der Waals surface area contributed by atoms with Gasteiger partial charge in [-0.05, 0) is 64.4 Å². The predicted molar refractivity (Wildman–Crippen MR) is 93.6 cm³/mol. The molecule has 134 valence electrons. The van der Waals surface area contributed by atoms with Crippen LogP contribution in [-0.4, -0.2) is 67.8 Å². The lowest BCUT2D eigenvalue weighted by atomic mass is 9.89. The molecule has 6 nitrogen and oxygen atoms in total. The van der Waals surface area contributed by atoms with Crippen LogP contribution in [-0.2, 0) is 19.2 Å². The topological polar surface area (TPSA) is 74.8 Å². The molecule has 1 aliphatic rings. The zero-order valence-electron chi connectivity index (χ0n) is 15.0. The first-order chi connectivity index (χ1) is 11.4. The highest BCUT2D eigenvalue weighted by Crippen LogP contribution is 2.24.